The van der Waals surface area contributed by atoms with Crippen molar-refractivity contribution in [3.05, 3.63) is 28.2 Å². The van der Waals surface area contributed by atoms with Crippen molar-refractivity contribution in [2.45, 2.75) is 25.3 Å². The number of nitrogens with zero attached hydrogens (tertiary/aromatic N) is 1. The van der Waals surface area contributed by atoms with Crippen molar-refractivity contribution in [1.29, 1.82) is 0 Å². The lowest BCUT2D eigenvalue weighted by Gasteiger charge is -2.33. The van der Waals surface area contributed by atoms with Gasteiger partial charge >= 0.3 is 5.97 Å². The first-order chi connectivity index (χ1) is 9.00. The van der Waals surface area contributed by atoms with Crippen LogP contribution in [-0.4, -0.2) is 39.6 Å². The molecule has 1 saturated heterocycles. The van der Waals surface area contributed by atoms with Crippen LogP contribution in [0.1, 0.15) is 29.6 Å². The molecule has 6 heteroatoms. The number of hydrogen-bond donors (Lipinski definition) is 2. The summed E-state index contributed by atoms with van der Waals surface area (Å²) in [4.78, 5) is 24.9. The number of carboxylic acid groups (broad SMARTS) is 1. The standard InChI is InChI=1S/C13H14BrNO4/c14-8-4-5-11(16)9(7-8)12(17)15-6-2-1-3-10(15)13(18)19/h4-5,7,10,16H,1-3,6H2,(H,18,19). The summed E-state index contributed by atoms with van der Waals surface area (Å²) in [5, 5.41) is 18.9. The van der Waals surface area contributed by atoms with Crippen molar-refractivity contribution in [2.75, 3.05) is 6.54 Å². The molecule has 1 aromatic rings. The van der Waals surface area contributed by atoms with Gasteiger partial charge < -0.3 is 15.1 Å². The van der Waals surface area contributed by atoms with Crippen molar-refractivity contribution in [3.63, 3.8) is 0 Å². The van der Waals surface area contributed by atoms with Crippen molar-refractivity contribution >= 4 is 27.8 Å². The molecule has 0 bridgehead atoms. The van der Waals surface area contributed by atoms with Gasteiger partial charge in [0.2, 0.25) is 0 Å². The van der Waals surface area contributed by atoms with Gasteiger partial charge in [-0.15, -0.1) is 0 Å². The Kier molecular flexibility index (Phi) is 4.09. The molecule has 2 N–H and O–H groups in total. The Bertz CT molecular complexity index is 517. The minimum Gasteiger partial charge on any atom is -0.507 e. The van der Waals surface area contributed by atoms with Crippen LogP contribution in [0.2, 0.25) is 0 Å². The molecule has 0 saturated carbocycles. The van der Waals surface area contributed by atoms with E-state index in [4.69, 9.17) is 5.11 Å². The highest BCUT2D eigenvalue weighted by Crippen LogP contribution is 2.26. The predicted octanol–water partition coefficient (Wildman–Crippen LogP) is 2.23. The van der Waals surface area contributed by atoms with E-state index < -0.39 is 17.9 Å². The van der Waals surface area contributed by atoms with Gasteiger partial charge in [0, 0.05) is 11.0 Å². The van der Waals surface area contributed by atoms with Crippen LogP contribution >= 0.6 is 15.9 Å². The number of phenolic OH excluding ortho intramolecular Hbond substituents is 1. The van der Waals surface area contributed by atoms with Gasteiger partial charge in [0.15, 0.2) is 0 Å². The first-order valence-electron chi connectivity index (χ1n) is 6.03. The zero-order valence-electron chi connectivity index (χ0n) is 10.2. The monoisotopic (exact) mass is 327 g/mol. The summed E-state index contributed by atoms with van der Waals surface area (Å²) >= 11 is 3.23. The molecule has 102 valence electrons. The maximum atomic E-state index is 12.4. The number of carbonyl (C=O) groups excluding carboxylic acids is 1. The van der Waals surface area contributed by atoms with Crippen molar-refractivity contribution in [2.24, 2.45) is 0 Å². The summed E-state index contributed by atoms with van der Waals surface area (Å²) in [5.74, 6) is -1.57. The number of piperidine rings is 1. The molecule has 1 aliphatic heterocycles. The normalized spacial score (nSPS) is 19.2. The van der Waals surface area contributed by atoms with Crippen molar-refractivity contribution in [3.8, 4) is 5.75 Å². The smallest absolute Gasteiger partial charge is 0.326 e. The molecule has 0 radical (unpaired) electrons. The molecule has 5 nitrogen and oxygen atoms in total. The third kappa shape index (κ3) is 2.89. The summed E-state index contributed by atoms with van der Waals surface area (Å²) < 4.78 is 0.664. The number of aliphatic carboxylic acids is 1. The van der Waals surface area contributed by atoms with Crippen LogP contribution < -0.4 is 0 Å². The second kappa shape index (κ2) is 5.61. The second-order valence-corrected chi connectivity index (χ2v) is 5.43. The summed E-state index contributed by atoms with van der Waals surface area (Å²) in [6.45, 7) is 0.405. The molecule has 1 aromatic carbocycles. The third-order valence-corrected chi connectivity index (χ3v) is 3.73. The maximum absolute atomic E-state index is 12.4. The highest BCUT2D eigenvalue weighted by molar-refractivity contribution is 9.10. The number of benzene rings is 1. The average Bonchev–Trinajstić information content (AvgIpc) is 2.40. The fourth-order valence-electron chi connectivity index (χ4n) is 2.27. The SMILES string of the molecule is O=C(O)C1CCCCN1C(=O)c1cc(Br)ccc1O. The van der Waals surface area contributed by atoms with E-state index in [9.17, 15) is 14.7 Å². The number of carbonyl (C=O) groups is 2. The van der Waals surface area contributed by atoms with E-state index in [1.807, 2.05) is 0 Å². The van der Waals surface area contributed by atoms with Gasteiger partial charge in [0.25, 0.3) is 5.91 Å². The number of hydrogen-bond acceptors (Lipinski definition) is 3. The number of carboxylic acids is 1. The third-order valence-electron chi connectivity index (χ3n) is 3.24. The Morgan fingerprint density at radius 3 is 2.74 bits per heavy atom. The highest BCUT2D eigenvalue weighted by atomic mass is 79.9. The summed E-state index contributed by atoms with van der Waals surface area (Å²) in [7, 11) is 0. The van der Waals surface area contributed by atoms with E-state index in [1.165, 1.54) is 17.0 Å². The van der Waals surface area contributed by atoms with Crippen LogP contribution in [0.5, 0.6) is 5.75 Å². The minimum atomic E-state index is -0.998. The zero-order chi connectivity index (χ0) is 14.0. The Morgan fingerprint density at radius 1 is 1.32 bits per heavy atom. The first kappa shape index (κ1) is 13.9. The number of halogens is 1. The van der Waals surface area contributed by atoms with Crippen LogP contribution in [0.3, 0.4) is 0 Å². The van der Waals surface area contributed by atoms with E-state index in [1.54, 1.807) is 6.07 Å². The maximum Gasteiger partial charge on any atom is 0.326 e. The van der Waals surface area contributed by atoms with Crippen LogP contribution in [0.4, 0.5) is 0 Å². The molecular formula is C13H14BrNO4. The Balaban J connectivity index is 2.31. The van der Waals surface area contributed by atoms with Crippen molar-refractivity contribution in [1.82, 2.24) is 4.90 Å². The lowest BCUT2D eigenvalue weighted by atomic mass is 10.0. The Labute approximate surface area is 119 Å². The van der Waals surface area contributed by atoms with Gasteiger partial charge in [-0.25, -0.2) is 4.79 Å². The van der Waals surface area contributed by atoms with E-state index in [2.05, 4.69) is 15.9 Å². The van der Waals surface area contributed by atoms with Crippen LogP contribution in [0, 0.1) is 0 Å². The summed E-state index contributed by atoms with van der Waals surface area (Å²) in [6, 6.07) is 3.73. The topological polar surface area (TPSA) is 77.8 Å². The molecule has 1 amide bonds. The lowest BCUT2D eigenvalue weighted by Crippen LogP contribution is -2.48. The molecule has 1 aliphatic rings. The van der Waals surface area contributed by atoms with Gasteiger partial charge in [-0.05, 0) is 37.5 Å². The number of phenols is 1. The lowest BCUT2D eigenvalue weighted by molar-refractivity contribution is -0.143. The Hall–Kier alpha value is -1.56. The minimum absolute atomic E-state index is 0.127. The van der Waals surface area contributed by atoms with Gasteiger partial charge in [-0.2, -0.15) is 0 Å². The van der Waals surface area contributed by atoms with Crippen LogP contribution in [0.25, 0.3) is 0 Å². The highest BCUT2D eigenvalue weighted by Gasteiger charge is 2.33. The molecule has 0 spiro atoms. The largest absolute Gasteiger partial charge is 0.507 e. The average molecular weight is 328 g/mol. The number of aromatic hydroxyl groups is 1. The van der Waals surface area contributed by atoms with Gasteiger partial charge in [-0.3, -0.25) is 4.79 Å². The quantitative estimate of drug-likeness (QED) is 0.873. The van der Waals surface area contributed by atoms with Crippen LogP contribution in [0.15, 0.2) is 22.7 Å². The molecule has 1 heterocycles. The molecule has 1 atom stereocenters. The Morgan fingerprint density at radius 2 is 2.05 bits per heavy atom. The first-order valence-corrected chi connectivity index (χ1v) is 6.82. The molecule has 1 unspecified atom stereocenters. The van der Waals surface area contributed by atoms with E-state index in [-0.39, 0.29) is 11.3 Å². The second-order valence-electron chi connectivity index (χ2n) is 4.51. The summed E-state index contributed by atoms with van der Waals surface area (Å²) in [5.41, 5.74) is 0.127. The molecule has 19 heavy (non-hydrogen) atoms. The number of rotatable bonds is 2. The van der Waals surface area contributed by atoms with E-state index >= 15 is 0 Å². The molecule has 2 rings (SSSR count). The van der Waals surface area contributed by atoms with E-state index in [0.29, 0.717) is 17.4 Å². The molecule has 0 aromatic heterocycles. The molecule has 0 aliphatic carbocycles. The van der Waals surface area contributed by atoms with Gasteiger partial charge in [0.1, 0.15) is 11.8 Å². The van der Waals surface area contributed by atoms with E-state index in [0.717, 1.165) is 12.8 Å². The predicted molar refractivity (Wildman–Crippen MR) is 72.1 cm³/mol. The van der Waals surface area contributed by atoms with Crippen molar-refractivity contribution < 1.29 is 19.8 Å². The molecular weight excluding hydrogens is 314 g/mol. The summed E-state index contributed by atoms with van der Waals surface area (Å²) in [6.07, 6.45) is 2.03. The van der Waals surface area contributed by atoms with Gasteiger partial charge in [-0.1, -0.05) is 15.9 Å². The molecule has 1 fully saturated rings. The number of likely N-dealkylation sites (tertiary alicyclic amines) is 1. The van der Waals surface area contributed by atoms with Crippen LogP contribution in [-0.2, 0) is 4.79 Å². The zero-order valence-corrected chi connectivity index (χ0v) is 11.8. The van der Waals surface area contributed by atoms with Gasteiger partial charge in [0.05, 0.1) is 5.56 Å². The fraction of sp³-hybridized carbons (Fsp3) is 0.385. The fourth-order valence-corrected chi connectivity index (χ4v) is 2.63. The number of amides is 1.